The van der Waals surface area contributed by atoms with E-state index in [1.807, 2.05) is 20.8 Å². The number of hydrogen-bond donors (Lipinski definition) is 1. The summed E-state index contributed by atoms with van der Waals surface area (Å²) in [7, 11) is -3.11. The Labute approximate surface area is 111 Å². The van der Waals surface area contributed by atoms with Crippen molar-refractivity contribution in [2.24, 2.45) is 0 Å². The van der Waals surface area contributed by atoms with E-state index in [1.54, 1.807) is 4.31 Å². The standard InChI is InChI=1S/C12H26N2O3S/c1-4-13-7-5-6-8-18(15,16)14-9-11(2)17-12(3)10-14/h11-13H,4-10H2,1-3H3/t11-,12+. The lowest BCUT2D eigenvalue weighted by Gasteiger charge is -2.34. The minimum atomic E-state index is -3.11. The first kappa shape index (κ1) is 15.9. The average molecular weight is 278 g/mol. The highest BCUT2D eigenvalue weighted by Crippen LogP contribution is 2.15. The van der Waals surface area contributed by atoms with Gasteiger partial charge in [0.05, 0.1) is 18.0 Å². The average Bonchev–Trinajstić information content (AvgIpc) is 2.27. The maximum absolute atomic E-state index is 12.2. The lowest BCUT2D eigenvalue weighted by molar-refractivity contribution is -0.0440. The van der Waals surface area contributed by atoms with Gasteiger partial charge in [0.25, 0.3) is 0 Å². The van der Waals surface area contributed by atoms with Gasteiger partial charge in [-0.3, -0.25) is 0 Å². The Kier molecular flexibility index (Phi) is 6.55. The lowest BCUT2D eigenvalue weighted by Crippen LogP contribution is -2.48. The SMILES string of the molecule is CCNCCCCS(=O)(=O)N1C[C@@H](C)O[C@@H](C)C1. The second-order valence-corrected chi connectivity index (χ2v) is 7.04. The quantitative estimate of drug-likeness (QED) is 0.700. The zero-order valence-electron chi connectivity index (χ0n) is 11.7. The third kappa shape index (κ3) is 5.22. The Bertz CT molecular complexity index is 322. The molecule has 0 aliphatic carbocycles. The van der Waals surface area contributed by atoms with E-state index in [0.29, 0.717) is 13.1 Å². The number of sulfonamides is 1. The monoisotopic (exact) mass is 278 g/mol. The first-order chi connectivity index (χ1) is 8.45. The number of ether oxygens (including phenoxy) is 1. The highest BCUT2D eigenvalue weighted by Gasteiger charge is 2.30. The Hall–Kier alpha value is -0.170. The molecule has 0 saturated carbocycles. The van der Waals surface area contributed by atoms with Crippen molar-refractivity contribution in [1.29, 1.82) is 0 Å². The van der Waals surface area contributed by atoms with Crippen molar-refractivity contribution in [2.45, 2.75) is 45.8 Å². The summed E-state index contributed by atoms with van der Waals surface area (Å²) in [5.74, 6) is 0.248. The van der Waals surface area contributed by atoms with Crippen LogP contribution in [0.5, 0.6) is 0 Å². The molecule has 0 unspecified atom stereocenters. The molecule has 1 heterocycles. The largest absolute Gasteiger partial charge is 0.373 e. The molecule has 1 rings (SSSR count). The fourth-order valence-corrected chi connectivity index (χ4v) is 3.90. The molecule has 2 atom stereocenters. The van der Waals surface area contributed by atoms with E-state index in [9.17, 15) is 8.42 Å². The molecule has 1 saturated heterocycles. The van der Waals surface area contributed by atoms with Crippen LogP contribution in [0.3, 0.4) is 0 Å². The summed E-state index contributed by atoms with van der Waals surface area (Å²) >= 11 is 0. The summed E-state index contributed by atoms with van der Waals surface area (Å²) in [5, 5.41) is 3.20. The Balaban J connectivity index is 2.38. The minimum absolute atomic E-state index is 0.00900. The molecule has 1 fully saturated rings. The van der Waals surface area contributed by atoms with Crippen LogP contribution in [-0.4, -0.2) is 56.9 Å². The van der Waals surface area contributed by atoms with E-state index in [2.05, 4.69) is 5.32 Å². The third-order valence-corrected chi connectivity index (χ3v) is 4.92. The fraction of sp³-hybridized carbons (Fsp3) is 1.00. The van der Waals surface area contributed by atoms with Gasteiger partial charge in [-0.2, -0.15) is 4.31 Å². The van der Waals surface area contributed by atoms with Crippen molar-refractivity contribution in [3.8, 4) is 0 Å². The lowest BCUT2D eigenvalue weighted by atomic mass is 10.3. The Morgan fingerprint density at radius 1 is 1.22 bits per heavy atom. The summed E-state index contributed by atoms with van der Waals surface area (Å²) < 4.78 is 31.5. The molecule has 0 aromatic rings. The highest BCUT2D eigenvalue weighted by molar-refractivity contribution is 7.89. The van der Waals surface area contributed by atoms with Gasteiger partial charge in [-0.25, -0.2) is 8.42 Å². The molecule has 0 aromatic carbocycles. The molecule has 108 valence electrons. The van der Waals surface area contributed by atoms with Crippen molar-refractivity contribution in [3.63, 3.8) is 0 Å². The van der Waals surface area contributed by atoms with E-state index in [-0.39, 0.29) is 18.0 Å². The normalized spacial score (nSPS) is 26.4. The van der Waals surface area contributed by atoms with Crippen molar-refractivity contribution >= 4 is 10.0 Å². The van der Waals surface area contributed by atoms with Gasteiger partial charge in [-0.1, -0.05) is 6.92 Å². The smallest absolute Gasteiger partial charge is 0.214 e. The minimum Gasteiger partial charge on any atom is -0.373 e. The van der Waals surface area contributed by atoms with Crippen LogP contribution in [0, 0.1) is 0 Å². The molecule has 0 amide bonds. The van der Waals surface area contributed by atoms with E-state index < -0.39 is 10.0 Å². The Morgan fingerprint density at radius 2 is 1.83 bits per heavy atom. The van der Waals surface area contributed by atoms with Gasteiger partial charge in [-0.05, 0) is 39.8 Å². The zero-order chi connectivity index (χ0) is 13.6. The second kappa shape index (κ2) is 7.43. The van der Waals surface area contributed by atoms with Gasteiger partial charge in [0.2, 0.25) is 10.0 Å². The summed E-state index contributed by atoms with van der Waals surface area (Å²) in [5.41, 5.74) is 0. The van der Waals surface area contributed by atoms with Gasteiger partial charge >= 0.3 is 0 Å². The number of nitrogens with zero attached hydrogens (tertiary/aromatic N) is 1. The molecule has 1 aliphatic rings. The van der Waals surface area contributed by atoms with E-state index >= 15 is 0 Å². The molecule has 18 heavy (non-hydrogen) atoms. The molecule has 1 aliphatic heterocycles. The van der Waals surface area contributed by atoms with Crippen LogP contribution in [-0.2, 0) is 14.8 Å². The summed E-state index contributed by atoms with van der Waals surface area (Å²) in [6, 6.07) is 0. The van der Waals surface area contributed by atoms with Gasteiger partial charge in [0.1, 0.15) is 0 Å². The molecular weight excluding hydrogens is 252 g/mol. The number of rotatable bonds is 7. The summed E-state index contributed by atoms with van der Waals surface area (Å²) in [6.45, 7) is 8.69. The first-order valence-corrected chi connectivity index (χ1v) is 8.40. The molecule has 6 heteroatoms. The van der Waals surface area contributed by atoms with Crippen molar-refractivity contribution in [2.75, 3.05) is 31.9 Å². The molecule has 5 nitrogen and oxygen atoms in total. The predicted molar refractivity (Wildman–Crippen MR) is 73.1 cm³/mol. The van der Waals surface area contributed by atoms with Gasteiger partial charge < -0.3 is 10.1 Å². The van der Waals surface area contributed by atoms with Crippen LogP contribution < -0.4 is 5.32 Å². The topological polar surface area (TPSA) is 58.6 Å². The fourth-order valence-electron chi connectivity index (χ4n) is 2.20. The molecule has 0 aromatic heterocycles. The maximum atomic E-state index is 12.2. The van der Waals surface area contributed by atoms with Gasteiger partial charge in [0, 0.05) is 13.1 Å². The Morgan fingerprint density at radius 3 is 2.39 bits per heavy atom. The first-order valence-electron chi connectivity index (χ1n) is 6.79. The predicted octanol–water partition coefficient (Wildman–Crippen LogP) is 0.815. The highest BCUT2D eigenvalue weighted by atomic mass is 32.2. The van der Waals surface area contributed by atoms with E-state index in [4.69, 9.17) is 4.74 Å². The second-order valence-electron chi connectivity index (χ2n) is 4.95. The van der Waals surface area contributed by atoms with Crippen LogP contribution in [0.2, 0.25) is 0 Å². The van der Waals surface area contributed by atoms with Crippen molar-refractivity contribution < 1.29 is 13.2 Å². The number of nitrogens with one attached hydrogen (secondary N) is 1. The maximum Gasteiger partial charge on any atom is 0.214 e. The third-order valence-electron chi connectivity index (χ3n) is 3.04. The van der Waals surface area contributed by atoms with E-state index in [0.717, 1.165) is 25.9 Å². The van der Waals surface area contributed by atoms with Crippen LogP contribution >= 0.6 is 0 Å². The molecule has 0 bridgehead atoms. The zero-order valence-corrected chi connectivity index (χ0v) is 12.5. The molecular formula is C12H26N2O3S. The van der Waals surface area contributed by atoms with Crippen molar-refractivity contribution in [3.05, 3.63) is 0 Å². The number of unbranched alkanes of at least 4 members (excludes halogenated alkanes) is 1. The number of hydrogen-bond acceptors (Lipinski definition) is 4. The van der Waals surface area contributed by atoms with Crippen LogP contribution in [0.15, 0.2) is 0 Å². The van der Waals surface area contributed by atoms with Crippen LogP contribution in [0.4, 0.5) is 0 Å². The summed E-state index contributed by atoms with van der Waals surface area (Å²) in [4.78, 5) is 0. The van der Waals surface area contributed by atoms with Crippen LogP contribution in [0.25, 0.3) is 0 Å². The van der Waals surface area contributed by atoms with Crippen molar-refractivity contribution in [1.82, 2.24) is 9.62 Å². The van der Waals surface area contributed by atoms with Gasteiger partial charge in [-0.15, -0.1) is 0 Å². The number of morpholine rings is 1. The molecule has 0 spiro atoms. The van der Waals surface area contributed by atoms with E-state index in [1.165, 1.54) is 0 Å². The molecule has 0 radical (unpaired) electrons. The van der Waals surface area contributed by atoms with Gasteiger partial charge in [0.15, 0.2) is 0 Å². The summed E-state index contributed by atoms with van der Waals surface area (Å²) in [6.07, 6.45) is 1.60. The molecule has 1 N–H and O–H groups in total. The van der Waals surface area contributed by atoms with Crippen LogP contribution in [0.1, 0.15) is 33.6 Å².